The summed E-state index contributed by atoms with van der Waals surface area (Å²) in [6, 6.07) is 7.88. The Morgan fingerprint density at radius 3 is 2.41 bits per heavy atom. The topological polar surface area (TPSA) is 139 Å². The van der Waals surface area contributed by atoms with Crippen molar-refractivity contribution in [2.45, 2.75) is 19.5 Å². The summed E-state index contributed by atoms with van der Waals surface area (Å²) in [6.07, 6.45) is 0.821. The molecule has 2 amide bonds. The molecule has 0 fully saturated rings. The van der Waals surface area contributed by atoms with Crippen LogP contribution < -0.4 is 14.4 Å². The largest absolute Gasteiger partial charge is 0.495 e. The first kappa shape index (κ1) is 26.5. The van der Waals surface area contributed by atoms with E-state index in [2.05, 4.69) is 5.32 Å². The Hall–Kier alpha value is -3.74. The van der Waals surface area contributed by atoms with Crippen molar-refractivity contribution in [3.8, 4) is 5.75 Å². The molecule has 11 nitrogen and oxygen atoms in total. The molecule has 1 atom stereocenters. The molecular weight excluding hydrogens is 471 g/mol. The van der Waals surface area contributed by atoms with Gasteiger partial charge in [0.05, 0.1) is 18.3 Å². The number of amides is 2. The summed E-state index contributed by atoms with van der Waals surface area (Å²) in [5.74, 6) is -2.02. The number of carbonyl (C=O) groups excluding carboxylic acids is 2. The van der Waals surface area contributed by atoms with Crippen LogP contribution in [0.1, 0.15) is 12.5 Å². The molecule has 0 unspecified atom stereocenters. The molecule has 34 heavy (non-hydrogen) atoms. The van der Waals surface area contributed by atoms with E-state index in [1.54, 1.807) is 6.07 Å². The van der Waals surface area contributed by atoms with Crippen molar-refractivity contribution < 1.29 is 32.1 Å². The Kier molecular flexibility index (Phi) is 8.51. The highest BCUT2D eigenvalue weighted by Crippen LogP contribution is 2.33. The monoisotopic (exact) mass is 496 g/mol. The van der Waals surface area contributed by atoms with Gasteiger partial charge in [0.1, 0.15) is 29.8 Å². The lowest BCUT2D eigenvalue weighted by Crippen LogP contribution is -2.50. The van der Waals surface area contributed by atoms with E-state index >= 15 is 0 Å². The summed E-state index contributed by atoms with van der Waals surface area (Å²) in [4.78, 5) is 37.1. The molecule has 0 spiro atoms. The van der Waals surface area contributed by atoms with E-state index in [0.717, 1.165) is 23.3 Å². The molecule has 13 heteroatoms. The second-order valence-corrected chi connectivity index (χ2v) is 9.19. The fourth-order valence-electron chi connectivity index (χ4n) is 3.18. The highest BCUT2D eigenvalue weighted by molar-refractivity contribution is 7.92. The maximum Gasteiger partial charge on any atom is 0.271 e. The van der Waals surface area contributed by atoms with Crippen LogP contribution in [0.25, 0.3) is 0 Å². The van der Waals surface area contributed by atoms with Crippen molar-refractivity contribution in [3.63, 3.8) is 0 Å². The minimum absolute atomic E-state index is 0.0242. The number of likely N-dealkylation sites (N-methyl/N-ethyl adjacent to an activating group) is 1. The van der Waals surface area contributed by atoms with Crippen LogP contribution in [0.2, 0.25) is 0 Å². The number of rotatable bonds is 10. The molecule has 0 saturated heterocycles. The van der Waals surface area contributed by atoms with Crippen molar-refractivity contribution in [2.24, 2.45) is 0 Å². The number of benzene rings is 2. The number of nitrogens with one attached hydrogen (secondary N) is 1. The first-order valence-electron chi connectivity index (χ1n) is 9.95. The Bertz CT molecular complexity index is 1190. The van der Waals surface area contributed by atoms with E-state index in [0.29, 0.717) is 4.31 Å². The number of hydrogen-bond acceptors (Lipinski definition) is 7. The molecule has 0 bridgehead atoms. The first-order valence-corrected chi connectivity index (χ1v) is 11.8. The number of carbonyl (C=O) groups is 2. The summed E-state index contributed by atoms with van der Waals surface area (Å²) in [6.45, 7) is 0.284. The van der Waals surface area contributed by atoms with E-state index < -0.39 is 50.9 Å². The number of halogens is 1. The highest BCUT2D eigenvalue weighted by Gasteiger charge is 2.32. The minimum Gasteiger partial charge on any atom is -0.495 e. The number of nitrogens with zero attached hydrogens (tertiary/aromatic N) is 3. The van der Waals surface area contributed by atoms with Crippen LogP contribution in [-0.2, 0) is 26.2 Å². The third kappa shape index (κ3) is 6.19. The van der Waals surface area contributed by atoms with Gasteiger partial charge in [0.2, 0.25) is 21.8 Å². The van der Waals surface area contributed by atoms with Crippen LogP contribution in [0.3, 0.4) is 0 Å². The van der Waals surface area contributed by atoms with Gasteiger partial charge in [-0.1, -0.05) is 18.2 Å². The zero-order chi connectivity index (χ0) is 25.6. The maximum absolute atomic E-state index is 14.3. The predicted octanol–water partition coefficient (Wildman–Crippen LogP) is 1.67. The van der Waals surface area contributed by atoms with Crippen LogP contribution in [0.5, 0.6) is 5.75 Å². The lowest BCUT2D eigenvalue weighted by atomic mass is 10.1. The molecule has 2 rings (SSSR count). The molecule has 1 N–H and O–H groups in total. The number of nitro benzene ring substituents is 1. The lowest BCUT2D eigenvalue weighted by Gasteiger charge is -2.31. The van der Waals surface area contributed by atoms with Crippen LogP contribution in [0, 0.1) is 15.9 Å². The Balaban J connectivity index is 2.53. The average molecular weight is 497 g/mol. The van der Waals surface area contributed by atoms with E-state index in [-0.39, 0.29) is 23.5 Å². The van der Waals surface area contributed by atoms with E-state index in [1.807, 2.05) is 0 Å². The van der Waals surface area contributed by atoms with E-state index in [1.165, 1.54) is 45.3 Å². The van der Waals surface area contributed by atoms with Crippen LogP contribution in [0.15, 0.2) is 42.5 Å². The van der Waals surface area contributed by atoms with E-state index in [4.69, 9.17) is 4.74 Å². The summed E-state index contributed by atoms with van der Waals surface area (Å²) in [5, 5.41) is 13.6. The molecule has 0 aliphatic carbocycles. The van der Waals surface area contributed by atoms with Crippen LogP contribution in [-0.4, -0.2) is 63.1 Å². The van der Waals surface area contributed by atoms with Gasteiger partial charge >= 0.3 is 0 Å². The molecule has 0 saturated carbocycles. The first-order chi connectivity index (χ1) is 15.9. The number of non-ortho nitro benzene ring substituents is 1. The smallest absolute Gasteiger partial charge is 0.271 e. The summed E-state index contributed by atoms with van der Waals surface area (Å²) in [5.41, 5.74) is -0.532. The third-order valence-corrected chi connectivity index (χ3v) is 6.16. The zero-order valence-electron chi connectivity index (χ0n) is 19.0. The van der Waals surface area contributed by atoms with Crippen molar-refractivity contribution in [1.29, 1.82) is 0 Å². The molecular formula is C21H25FN4O7S. The van der Waals surface area contributed by atoms with Gasteiger partial charge in [-0.15, -0.1) is 0 Å². The van der Waals surface area contributed by atoms with Crippen molar-refractivity contribution >= 4 is 33.2 Å². The zero-order valence-corrected chi connectivity index (χ0v) is 19.8. The van der Waals surface area contributed by atoms with Gasteiger partial charge in [0, 0.05) is 31.3 Å². The van der Waals surface area contributed by atoms with E-state index in [9.17, 15) is 32.5 Å². The van der Waals surface area contributed by atoms with Gasteiger partial charge < -0.3 is 15.0 Å². The second-order valence-electron chi connectivity index (χ2n) is 7.29. The number of hydrogen-bond donors (Lipinski definition) is 1. The fourth-order valence-corrected chi connectivity index (χ4v) is 4.03. The van der Waals surface area contributed by atoms with Crippen LogP contribution >= 0.6 is 0 Å². The van der Waals surface area contributed by atoms with Gasteiger partial charge in [-0.05, 0) is 19.1 Å². The Morgan fingerprint density at radius 2 is 1.88 bits per heavy atom. The minimum atomic E-state index is -4.15. The Labute approximate surface area is 196 Å². The molecule has 0 radical (unpaired) electrons. The summed E-state index contributed by atoms with van der Waals surface area (Å²) >= 11 is 0. The summed E-state index contributed by atoms with van der Waals surface area (Å²) < 4.78 is 45.3. The van der Waals surface area contributed by atoms with Gasteiger partial charge in [-0.2, -0.15) is 0 Å². The van der Waals surface area contributed by atoms with Gasteiger partial charge in [0.15, 0.2) is 0 Å². The molecule has 2 aromatic carbocycles. The van der Waals surface area contributed by atoms with Gasteiger partial charge in [-0.25, -0.2) is 12.8 Å². The number of methoxy groups -OCH3 is 1. The lowest BCUT2D eigenvalue weighted by molar-refractivity contribution is -0.384. The average Bonchev–Trinajstić information content (AvgIpc) is 2.79. The van der Waals surface area contributed by atoms with Crippen molar-refractivity contribution in [1.82, 2.24) is 10.2 Å². The number of sulfonamides is 1. The highest BCUT2D eigenvalue weighted by atomic mass is 32.2. The van der Waals surface area contributed by atoms with Gasteiger partial charge in [0.25, 0.3) is 5.69 Å². The number of ether oxygens (including phenoxy) is 1. The van der Waals surface area contributed by atoms with Gasteiger partial charge in [-0.3, -0.25) is 24.0 Å². The van der Waals surface area contributed by atoms with Crippen molar-refractivity contribution in [3.05, 3.63) is 64.0 Å². The second kappa shape index (κ2) is 10.9. The van der Waals surface area contributed by atoms with Crippen molar-refractivity contribution in [2.75, 3.05) is 31.3 Å². The number of nitro groups is 1. The van der Waals surface area contributed by atoms with Crippen LogP contribution in [0.4, 0.5) is 15.8 Å². The fraction of sp³-hybridized carbons (Fsp3) is 0.333. The molecule has 0 aromatic heterocycles. The third-order valence-electron chi connectivity index (χ3n) is 5.03. The SMILES string of the molecule is CNC(=O)[C@@H](C)N(Cc1ccccc1F)C(=O)CN(c1cc([N+](=O)[O-])ccc1OC)S(C)(=O)=O. The Morgan fingerprint density at radius 1 is 1.24 bits per heavy atom. The number of anilines is 1. The normalized spacial score (nSPS) is 11.9. The molecule has 2 aromatic rings. The molecule has 184 valence electrons. The molecule has 0 aliphatic heterocycles. The quantitative estimate of drug-likeness (QED) is 0.390. The maximum atomic E-state index is 14.3. The molecule has 0 heterocycles. The summed E-state index contributed by atoms with van der Waals surface area (Å²) in [7, 11) is -1.54. The predicted molar refractivity (Wildman–Crippen MR) is 122 cm³/mol. The molecule has 0 aliphatic rings. The standard InChI is InChI=1S/C21H25FN4O7S/c1-14(21(28)23-2)24(12-15-7-5-6-8-17(15)22)20(27)13-25(34(4,31)32)18-11-16(26(29)30)9-10-19(18)33-3/h5-11,14H,12-13H2,1-4H3,(H,23,28)/t14-/m1/s1.